The number of methoxy groups -OCH3 is 1. The Morgan fingerprint density at radius 1 is 1.25 bits per heavy atom. The van der Waals surface area contributed by atoms with E-state index in [1.54, 1.807) is 7.11 Å². The number of hydrogen-bond acceptors (Lipinski definition) is 4. The van der Waals surface area contributed by atoms with Gasteiger partial charge in [0.1, 0.15) is 0 Å². The lowest BCUT2D eigenvalue weighted by Crippen LogP contribution is -2.50. The van der Waals surface area contributed by atoms with Crippen molar-refractivity contribution in [2.75, 3.05) is 33.1 Å². The smallest absolute Gasteiger partial charge is 0.209 e. The van der Waals surface area contributed by atoms with Crippen LogP contribution in [0.25, 0.3) is 0 Å². The highest BCUT2D eigenvalue weighted by Gasteiger charge is 2.21. The third-order valence-electron chi connectivity index (χ3n) is 1.98. The first-order valence-corrected chi connectivity index (χ1v) is 7.34. The molecule has 0 rings (SSSR count). The normalized spacial score (nSPS) is 13.0. The van der Waals surface area contributed by atoms with Crippen LogP contribution in [0.1, 0.15) is 26.7 Å². The number of nitrogens with one attached hydrogen (secondary N) is 2. The molecular weight excluding hydrogens is 228 g/mol. The molecule has 0 radical (unpaired) electrons. The summed E-state index contributed by atoms with van der Waals surface area (Å²) in [5.74, 6) is 0. The topological polar surface area (TPSA) is 67.4 Å². The molecule has 0 spiro atoms. The van der Waals surface area contributed by atoms with Gasteiger partial charge in [0.2, 0.25) is 10.0 Å². The van der Waals surface area contributed by atoms with E-state index in [1.165, 1.54) is 6.26 Å². The maximum absolute atomic E-state index is 11.1. The summed E-state index contributed by atoms with van der Waals surface area (Å²) in [6.45, 7) is 5.98. The highest BCUT2D eigenvalue weighted by molar-refractivity contribution is 7.88. The molecule has 0 bridgehead atoms. The standard InChI is InChI=1S/C10H24N2O3S/c1-10(2,12-16(4,13)14)9-11-7-5-6-8-15-3/h11-12H,5-9H2,1-4H3. The van der Waals surface area contributed by atoms with Crippen LogP contribution in [-0.2, 0) is 14.8 Å². The van der Waals surface area contributed by atoms with Crippen LogP contribution in [0.15, 0.2) is 0 Å². The third-order valence-corrected chi connectivity index (χ3v) is 2.90. The van der Waals surface area contributed by atoms with Crippen LogP contribution in [0.4, 0.5) is 0 Å². The molecule has 0 atom stereocenters. The Balaban J connectivity index is 3.66. The molecule has 0 aromatic rings. The van der Waals surface area contributed by atoms with Crippen molar-refractivity contribution in [1.29, 1.82) is 0 Å². The van der Waals surface area contributed by atoms with E-state index in [9.17, 15) is 8.42 Å². The van der Waals surface area contributed by atoms with Crippen LogP contribution in [0.3, 0.4) is 0 Å². The van der Waals surface area contributed by atoms with Crippen LogP contribution < -0.4 is 10.0 Å². The molecule has 2 N–H and O–H groups in total. The minimum absolute atomic E-state index is 0.450. The van der Waals surface area contributed by atoms with E-state index in [0.29, 0.717) is 6.54 Å². The second kappa shape index (κ2) is 7.21. The van der Waals surface area contributed by atoms with Crippen LogP contribution in [0, 0.1) is 0 Å². The number of hydrogen-bond donors (Lipinski definition) is 2. The number of ether oxygens (including phenoxy) is 1. The van der Waals surface area contributed by atoms with Crippen molar-refractivity contribution < 1.29 is 13.2 Å². The van der Waals surface area contributed by atoms with Crippen LogP contribution >= 0.6 is 0 Å². The number of rotatable bonds is 9. The molecule has 0 saturated heterocycles. The van der Waals surface area contributed by atoms with Crippen molar-refractivity contribution in [2.45, 2.75) is 32.2 Å². The van der Waals surface area contributed by atoms with Gasteiger partial charge < -0.3 is 10.1 Å². The van der Waals surface area contributed by atoms with Crippen molar-refractivity contribution in [3.8, 4) is 0 Å². The van der Waals surface area contributed by atoms with E-state index in [2.05, 4.69) is 10.0 Å². The summed E-state index contributed by atoms with van der Waals surface area (Å²) in [5, 5.41) is 3.22. The Hall–Kier alpha value is -0.170. The van der Waals surface area contributed by atoms with E-state index in [0.717, 1.165) is 26.0 Å². The van der Waals surface area contributed by atoms with Gasteiger partial charge in [0.05, 0.1) is 6.26 Å². The fourth-order valence-electron chi connectivity index (χ4n) is 1.44. The highest BCUT2D eigenvalue weighted by Crippen LogP contribution is 2.01. The molecule has 0 amide bonds. The van der Waals surface area contributed by atoms with Gasteiger partial charge in [-0.2, -0.15) is 0 Å². The van der Waals surface area contributed by atoms with Gasteiger partial charge in [-0.25, -0.2) is 13.1 Å². The zero-order valence-corrected chi connectivity index (χ0v) is 11.5. The van der Waals surface area contributed by atoms with Crippen molar-refractivity contribution in [3.05, 3.63) is 0 Å². The average Bonchev–Trinajstić information content (AvgIpc) is 2.06. The zero-order chi connectivity index (χ0) is 12.7. The first kappa shape index (κ1) is 15.8. The summed E-state index contributed by atoms with van der Waals surface area (Å²) in [6, 6.07) is 0. The largest absolute Gasteiger partial charge is 0.385 e. The van der Waals surface area contributed by atoms with E-state index >= 15 is 0 Å². The Morgan fingerprint density at radius 2 is 1.88 bits per heavy atom. The van der Waals surface area contributed by atoms with Crippen molar-refractivity contribution in [1.82, 2.24) is 10.0 Å². The highest BCUT2D eigenvalue weighted by atomic mass is 32.2. The van der Waals surface area contributed by atoms with Crippen molar-refractivity contribution >= 4 is 10.0 Å². The first-order chi connectivity index (χ1) is 7.27. The molecule has 0 aliphatic heterocycles. The van der Waals surface area contributed by atoms with Gasteiger partial charge in [-0.1, -0.05) is 0 Å². The van der Waals surface area contributed by atoms with Crippen LogP contribution in [0.2, 0.25) is 0 Å². The second-order valence-electron chi connectivity index (χ2n) is 4.63. The summed E-state index contributed by atoms with van der Waals surface area (Å²) in [5.41, 5.74) is -0.450. The predicted molar refractivity (Wildman–Crippen MR) is 66.0 cm³/mol. The van der Waals surface area contributed by atoms with Gasteiger partial charge in [0.15, 0.2) is 0 Å². The predicted octanol–water partition coefficient (Wildman–Crippen LogP) is 0.330. The monoisotopic (exact) mass is 252 g/mol. The maximum atomic E-state index is 11.1. The summed E-state index contributed by atoms with van der Waals surface area (Å²) in [6.07, 6.45) is 3.22. The van der Waals surface area contributed by atoms with E-state index in [4.69, 9.17) is 4.74 Å². The lowest BCUT2D eigenvalue weighted by Gasteiger charge is -2.25. The Morgan fingerprint density at radius 3 is 2.38 bits per heavy atom. The average molecular weight is 252 g/mol. The Kier molecular flexibility index (Phi) is 7.14. The molecule has 0 aliphatic carbocycles. The molecule has 0 unspecified atom stereocenters. The number of unbranched alkanes of at least 4 members (excludes halogenated alkanes) is 1. The van der Waals surface area contributed by atoms with Gasteiger partial charge in [0, 0.05) is 25.8 Å². The molecule has 5 nitrogen and oxygen atoms in total. The van der Waals surface area contributed by atoms with Crippen molar-refractivity contribution in [3.63, 3.8) is 0 Å². The van der Waals surface area contributed by atoms with Gasteiger partial charge in [-0.3, -0.25) is 0 Å². The van der Waals surface area contributed by atoms with Gasteiger partial charge in [0.25, 0.3) is 0 Å². The van der Waals surface area contributed by atoms with Gasteiger partial charge in [-0.05, 0) is 33.2 Å². The lowest BCUT2D eigenvalue weighted by molar-refractivity contribution is 0.192. The Labute approximate surface area is 99.0 Å². The van der Waals surface area contributed by atoms with Crippen LogP contribution in [0.5, 0.6) is 0 Å². The SMILES string of the molecule is COCCCCNCC(C)(C)NS(C)(=O)=O. The summed E-state index contributed by atoms with van der Waals surface area (Å²) in [4.78, 5) is 0. The molecule has 16 heavy (non-hydrogen) atoms. The lowest BCUT2D eigenvalue weighted by atomic mass is 10.1. The fraction of sp³-hybridized carbons (Fsp3) is 1.00. The van der Waals surface area contributed by atoms with E-state index in [-0.39, 0.29) is 0 Å². The summed E-state index contributed by atoms with van der Waals surface area (Å²) >= 11 is 0. The second-order valence-corrected chi connectivity index (χ2v) is 6.38. The third kappa shape index (κ3) is 10.4. The van der Waals surface area contributed by atoms with Crippen molar-refractivity contribution in [2.24, 2.45) is 0 Å². The molecule has 0 aliphatic rings. The summed E-state index contributed by atoms with van der Waals surface area (Å²) < 4.78 is 29.6. The first-order valence-electron chi connectivity index (χ1n) is 5.45. The maximum Gasteiger partial charge on any atom is 0.209 e. The minimum atomic E-state index is -3.14. The molecule has 98 valence electrons. The fourth-order valence-corrected chi connectivity index (χ4v) is 2.51. The molecule has 0 aromatic carbocycles. The van der Waals surface area contributed by atoms with Crippen LogP contribution in [-0.4, -0.2) is 47.0 Å². The number of sulfonamides is 1. The van der Waals surface area contributed by atoms with Gasteiger partial charge in [-0.15, -0.1) is 0 Å². The molecule has 6 heteroatoms. The molecule has 0 saturated carbocycles. The Bertz CT molecular complexity index is 276. The van der Waals surface area contributed by atoms with Gasteiger partial charge >= 0.3 is 0 Å². The molecule has 0 fully saturated rings. The van der Waals surface area contributed by atoms with E-state index in [1.807, 2.05) is 13.8 Å². The molecule has 0 aromatic heterocycles. The molecular formula is C10H24N2O3S. The molecule has 0 heterocycles. The van der Waals surface area contributed by atoms with E-state index < -0.39 is 15.6 Å². The summed E-state index contributed by atoms with van der Waals surface area (Å²) in [7, 11) is -1.46. The quantitative estimate of drug-likeness (QED) is 0.580. The minimum Gasteiger partial charge on any atom is -0.385 e. The zero-order valence-electron chi connectivity index (χ0n) is 10.7.